The quantitative estimate of drug-likeness (QED) is 0.798. The Morgan fingerprint density at radius 2 is 2.05 bits per heavy atom. The minimum absolute atomic E-state index is 0.178. The van der Waals surface area contributed by atoms with Crippen LogP contribution in [0.25, 0.3) is 0 Å². The molecule has 1 atom stereocenters. The van der Waals surface area contributed by atoms with Crippen LogP contribution in [-0.4, -0.2) is 14.5 Å². The van der Waals surface area contributed by atoms with Crippen molar-refractivity contribution in [3.05, 3.63) is 49.6 Å². The van der Waals surface area contributed by atoms with Crippen LogP contribution in [0.1, 0.15) is 16.7 Å². The van der Waals surface area contributed by atoms with E-state index in [1.165, 1.54) is 21.9 Å². The Balaban J connectivity index is 2.11. The molecule has 0 aliphatic rings. The Morgan fingerprint density at radius 3 is 2.62 bits per heavy atom. The van der Waals surface area contributed by atoms with Crippen LogP contribution in [-0.2, 0) is 16.4 Å². The first-order chi connectivity index (χ1) is 9.78. The molecule has 2 rings (SSSR count). The highest BCUT2D eigenvalue weighted by Gasteiger charge is 2.18. The molecule has 1 aromatic heterocycles. The molecule has 0 aliphatic heterocycles. The average molecular weight is 409 g/mol. The SMILES string of the molecule is Cc1ccc(CC(C)NS(=O)(=O)c2ccc(Cl)c(Br)c2)s1. The van der Waals surface area contributed by atoms with Crippen LogP contribution >= 0.6 is 38.9 Å². The minimum atomic E-state index is -3.55. The van der Waals surface area contributed by atoms with E-state index in [0.717, 1.165) is 0 Å². The van der Waals surface area contributed by atoms with E-state index in [-0.39, 0.29) is 10.9 Å². The highest BCUT2D eigenvalue weighted by Crippen LogP contribution is 2.25. The minimum Gasteiger partial charge on any atom is -0.208 e. The summed E-state index contributed by atoms with van der Waals surface area (Å²) >= 11 is 10.8. The van der Waals surface area contributed by atoms with Gasteiger partial charge in [-0.1, -0.05) is 11.6 Å². The highest BCUT2D eigenvalue weighted by molar-refractivity contribution is 9.10. The Morgan fingerprint density at radius 1 is 1.33 bits per heavy atom. The van der Waals surface area contributed by atoms with Crippen molar-refractivity contribution >= 4 is 48.9 Å². The van der Waals surface area contributed by atoms with E-state index >= 15 is 0 Å². The summed E-state index contributed by atoms with van der Waals surface area (Å²) in [6.45, 7) is 3.89. The number of hydrogen-bond donors (Lipinski definition) is 1. The first-order valence-electron chi connectivity index (χ1n) is 6.30. The van der Waals surface area contributed by atoms with Crippen LogP contribution in [0.5, 0.6) is 0 Å². The number of benzene rings is 1. The number of thiophene rings is 1. The van der Waals surface area contributed by atoms with E-state index in [9.17, 15) is 8.42 Å². The van der Waals surface area contributed by atoms with Crippen LogP contribution in [0.15, 0.2) is 39.7 Å². The number of aryl methyl sites for hydroxylation is 1. The molecule has 1 N–H and O–H groups in total. The summed E-state index contributed by atoms with van der Waals surface area (Å²) in [6.07, 6.45) is 0.673. The maximum Gasteiger partial charge on any atom is 0.240 e. The van der Waals surface area contributed by atoms with Crippen LogP contribution in [0, 0.1) is 6.92 Å². The highest BCUT2D eigenvalue weighted by atomic mass is 79.9. The van der Waals surface area contributed by atoms with Crippen molar-refractivity contribution in [1.82, 2.24) is 4.72 Å². The molecular weight excluding hydrogens is 394 g/mol. The van der Waals surface area contributed by atoms with Gasteiger partial charge in [0.1, 0.15) is 0 Å². The van der Waals surface area contributed by atoms with Gasteiger partial charge in [0.2, 0.25) is 10.0 Å². The van der Waals surface area contributed by atoms with Crippen molar-refractivity contribution in [2.24, 2.45) is 0 Å². The standard InChI is InChI=1S/C14H15BrClNO2S2/c1-9(7-11-4-3-10(2)20-11)17-21(18,19)12-5-6-14(16)13(15)8-12/h3-6,8-9,17H,7H2,1-2H3. The number of sulfonamides is 1. The molecule has 3 nitrogen and oxygen atoms in total. The summed E-state index contributed by atoms with van der Waals surface area (Å²) in [7, 11) is -3.55. The van der Waals surface area contributed by atoms with Crippen LogP contribution in [0.4, 0.5) is 0 Å². The first-order valence-corrected chi connectivity index (χ1v) is 9.77. The van der Waals surface area contributed by atoms with Gasteiger partial charge in [0.15, 0.2) is 0 Å². The molecule has 1 aromatic carbocycles. The molecular formula is C14H15BrClNO2S2. The summed E-state index contributed by atoms with van der Waals surface area (Å²) in [5.74, 6) is 0. The van der Waals surface area contributed by atoms with Crippen LogP contribution in [0.3, 0.4) is 0 Å². The number of rotatable bonds is 5. The summed E-state index contributed by atoms with van der Waals surface area (Å²) in [5.41, 5.74) is 0. The predicted molar refractivity (Wildman–Crippen MR) is 91.7 cm³/mol. The lowest BCUT2D eigenvalue weighted by molar-refractivity contribution is 0.560. The smallest absolute Gasteiger partial charge is 0.208 e. The largest absolute Gasteiger partial charge is 0.240 e. The molecule has 1 unspecified atom stereocenters. The molecule has 7 heteroatoms. The van der Waals surface area contributed by atoms with E-state index in [2.05, 4.69) is 20.7 Å². The van der Waals surface area contributed by atoms with Crippen LogP contribution in [0.2, 0.25) is 5.02 Å². The fraction of sp³-hybridized carbons (Fsp3) is 0.286. The summed E-state index contributed by atoms with van der Waals surface area (Å²) in [6, 6.07) is 8.46. The van der Waals surface area contributed by atoms with Gasteiger partial charge in [0, 0.05) is 20.3 Å². The van der Waals surface area contributed by atoms with Crippen molar-refractivity contribution in [2.75, 3.05) is 0 Å². The zero-order valence-corrected chi connectivity index (χ0v) is 15.5. The monoisotopic (exact) mass is 407 g/mol. The maximum absolute atomic E-state index is 12.3. The zero-order chi connectivity index (χ0) is 15.6. The van der Waals surface area contributed by atoms with Gasteiger partial charge in [-0.05, 0) is 66.5 Å². The van der Waals surface area contributed by atoms with Gasteiger partial charge in [-0.25, -0.2) is 13.1 Å². The summed E-state index contributed by atoms with van der Waals surface area (Å²) < 4.78 is 27.9. The third-order valence-electron chi connectivity index (χ3n) is 2.86. The lowest BCUT2D eigenvalue weighted by Crippen LogP contribution is -2.33. The van der Waals surface area contributed by atoms with E-state index in [1.807, 2.05) is 26.0 Å². The number of hydrogen-bond acceptors (Lipinski definition) is 3. The number of halogens is 2. The summed E-state index contributed by atoms with van der Waals surface area (Å²) in [5, 5.41) is 0.482. The Labute approximate surface area is 142 Å². The molecule has 0 spiro atoms. The third kappa shape index (κ3) is 4.53. The molecule has 21 heavy (non-hydrogen) atoms. The van der Waals surface area contributed by atoms with E-state index in [1.54, 1.807) is 17.4 Å². The van der Waals surface area contributed by atoms with Gasteiger partial charge in [-0.2, -0.15) is 0 Å². The molecule has 114 valence electrons. The fourth-order valence-electron chi connectivity index (χ4n) is 1.92. The Kier molecular flexibility index (Phi) is 5.48. The molecule has 0 aliphatic carbocycles. The topological polar surface area (TPSA) is 46.2 Å². The summed E-state index contributed by atoms with van der Waals surface area (Å²) in [4.78, 5) is 2.59. The fourth-order valence-corrected chi connectivity index (χ4v) is 4.85. The second kappa shape index (κ2) is 6.79. The molecule has 0 amide bonds. The maximum atomic E-state index is 12.3. The Hall–Kier alpha value is -0.400. The first kappa shape index (κ1) is 17.0. The van der Waals surface area contributed by atoms with Crippen molar-refractivity contribution in [3.63, 3.8) is 0 Å². The molecule has 0 saturated carbocycles. The van der Waals surface area contributed by atoms with Crippen LogP contribution < -0.4 is 4.72 Å². The van der Waals surface area contributed by atoms with Crippen molar-refractivity contribution in [1.29, 1.82) is 0 Å². The van der Waals surface area contributed by atoms with E-state index < -0.39 is 10.0 Å². The van der Waals surface area contributed by atoms with Crippen molar-refractivity contribution in [2.45, 2.75) is 31.2 Å². The van der Waals surface area contributed by atoms with E-state index in [4.69, 9.17) is 11.6 Å². The number of nitrogens with one attached hydrogen (secondary N) is 1. The normalized spacial score (nSPS) is 13.3. The second-order valence-corrected chi connectivity index (χ2v) is 9.16. The van der Waals surface area contributed by atoms with Gasteiger partial charge < -0.3 is 0 Å². The zero-order valence-electron chi connectivity index (χ0n) is 11.6. The van der Waals surface area contributed by atoms with Gasteiger partial charge in [-0.15, -0.1) is 11.3 Å². The second-order valence-electron chi connectivity index (χ2n) is 4.81. The van der Waals surface area contributed by atoms with Gasteiger partial charge in [-0.3, -0.25) is 0 Å². The van der Waals surface area contributed by atoms with E-state index in [0.29, 0.717) is 15.9 Å². The van der Waals surface area contributed by atoms with Gasteiger partial charge in [0.05, 0.1) is 9.92 Å². The van der Waals surface area contributed by atoms with Crippen molar-refractivity contribution in [3.8, 4) is 0 Å². The average Bonchev–Trinajstić information content (AvgIpc) is 2.77. The lowest BCUT2D eigenvalue weighted by atomic mass is 10.2. The third-order valence-corrected chi connectivity index (χ3v) is 6.69. The van der Waals surface area contributed by atoms with Crippen molar-refractivity contribution < 1.29 is 8.42 Å². The molecule has 0 bridgehead atoms. The molecule has 0 radical (unpaired) electrons. The molecule has 0 saturated heterocycles. The Bertz CT molecular complexity index is 743. The molecule has 0 fully saturated rings. The lowest BCUT2D eigenvalue weighted by Gasteiger charge is -2.14. The van der Waals surface area contributed by atoms with Gasteiger partial charge in [0.25, 0.3) is 0 Å². The van der Waals surface area contributed by atoms with Gasteiger partial charge >= 0.3 is 0 Å². The molecule has 1 heterocycles. The molecule has 2 aromatic rings. The predicted octanol–water partition coefficient (Wildman–Crippen LogP) is 4.38.